The topological polar surface area (TPSA) is 26.0 Å². The van der Waals surface area contributed by atoms with Crippen LogP contribution >= 0.6 is 31.9 Å². The third kappa shape index (κ3) is 3.41. The summed E-state index contributed by atoms with van der Waals surface area (Å²) in [5.41, 5.74) is 7.37. The molecule has 0 saturated carbocycles. The van der Waals surface area contributed by atoms with Crippen LogP contribution in [0.1, 0.15) is 12.0 Å². The van der Waals surface area contributed by atoms with E-state index in [0.29, 0.717) is 0 Å². The Balaban J connectivity index is 2.85. The fourth-order valence-electron chi connectivity index (χ4n) is 0.852. The van der Waals surface area contributed by atoms with Crippen molar-refractivity contribution in [3.05, 3.63) is 28.2 Å². The van der Waals surface area contributed by atoms with Gasteiger partial charge in [-0.2, -0.15) is 0 Å². The predicted octanol–water partition coefficient (Wildman–Crippen LogP) is 3.17. The standard InChI is InChI=1S/C10H9Br2N/c11-6-2-1-3-8-4-5-9(12)7-10(8)13/h4-5,7H,2,6,13H2. The molecule has 0 aromatic heterocycles. The van der Waals surface area contributed by atoms with Crippen molar-refractivity contribution in [3.63, 3.8) is 0 Å². The third-order valence-corrected chi connectivity index (χ3v) is 2.35. The Morgan fingerprint density at radius 1 is 1.38 bits per heavy atom. The van der Waals surface area contributed by atoms with Crippen LogP contribution in [-0.2, 0) is 0 Å². The van der Waals surface area contributed by atoms with Crippen molar-refractivity contribution in [2.24, 2.45) is 0 Å². The number of hydrogen-bond acceptors (Lipinski definition) is 1. The van der Waals surface area contributed by atoms with Gasteiger partial charge in [-0.25, -0.2) is 0 Å². The van der Waals surface area contributed by atoms with Gasteiger partial charge in [0.2, 0.25) is 0 Å². The zero-order valence-corrected chi connectivity index (χ0v) is 10.2. The second-order valence-electron chi connectivity index (χ2n) is 2.47. The van der Waals surface area contributed by atoms with Crippen molar-refractivity contribution in [3.8, 4) is 11.8 Å². The Bertz CT molecular complexity index is 350. The summed E-state index contributed by atoms with van der Waals surface area (Å²) in [7, 11) is 0. The normalized spacial score (nSPS) is 9.08. The van der Waals surface area contributed by atoms with Crippen molar-refractivity contribution in [1.82, 2.24) is 0 Å². The molecule has 13 heavy (non-hydrogen) atoms. The summed E-state index contributed by atoms with van der Waals surface area (Å²) in [6.07, 6.45) is 0.843. The van der Waals surface area contributed by atoms with Crippen molar-refractivity contribution in [2.75, 3.05) is 11.1 Å². The molecular formula is C10H9Br2N. The second kappa shape index (κ2) is 5.31. The quantitative estimate of drug-likeness (QED) is 0.481. The minimum absolute atomic E-state index is 0.719. The fraction of sp³-hybridized carbons (Fsp3) is 0.200. The number of hydrogen-bond donors (Lipinski definition) is 1. The van der Waals surface area contributed by atoms with Gasteiger partial charge in [0, 0.05) is 27.5 Å². The summed E-state index contributed by atoms with van der Waals surface area (Å²) < 4.78 is 0.982. The molecule has 1 aromatic rings. The van der Waals surface area contributed by atoms with Gasteiger partial charge < -0.3 is 5.73 Å². The number of halogens is 2. The molecule has 1 aromatic carbocycles. The maximum atomic E-state index is 5.76. The molecule has 0 atom stereocenters. The highest BCUT2D eigenvalue weighted by atomic mass is 79.9. The van der Waals surface area contributed by atoms with Gasteiger partial charge in [-0.1, -0.05) is 43.7 Å². The Hall–Kier alpha value is -0.460. The van der Waals surface area contributed by atoms with E-state index in [0.717, 1.165) is 27.5 Å². The number of anilines is 1. The lowest BCUT2D eigenvalue weighted by Gasteiger charge is -1.97. The highest BCUT2D eigenvalue weighted by molar-refractivity contribution is 9.10. The molecule has 68 valence electrons. The predicted molar refractivity (Wildman–Crippen MR) is 63.8 cm³/mol. The lowest BCUT2D eigenvalue weighted by atomic mass is 10.2. The molecule has 0 fully saturated rings. The molecule has 0 aliphatic rings. The SMILES string of the molecule is Nc1cc(Br)ccc1C#CCCBr. The van der Waals surface area contributed by atoms with E-state index in [1.807, 2.05) is 18.2 Å². The van der Waals surface area contributed by atoms with E-state index in [-0.39, 0.29) is 0 Å². The van der Waals surface area contributed by atoms with Gasteiger partial charge in [-0.05, 0) is 18.2 Å². The van der Waals surface area contributed by atoms with Gasteiger partial charge in [-0.15, -0.1) is 0 Å². The minimum Gasteiger partial charge on any atom is -0.398 e. The second-order valence-corrected chi connectivity index (χ2v) is 4.18. The summed E-state index contributed by atoms with van der Waals surface area (Å²) in [4.78, 5) is 0. The molecule has 0 unspecified atom stereocenters. The largest absolute Gasteiger partial charge is 0.398 e. The molecule has 0 aliphatic carbocycles. The number of alkyl halides is 1. The molecule has 0 spiro atoms. The van der Waals surface area contributed by atoms with Crippen LogP contribution in [0.2, 0.25) is 0 Å². The summed E-state index contributed by atoms with van der Waals surface area (Å²) >= 11 is 6.65. The summed E-state index contributed by atoms with van der Waals surface area (Å²) in [5, 5.41) is 0.899. The minimum atomic E-state index is 0.719. The van der Waals surface area contributed by atoms with Crippen molar-refractivity contribution >= 4 is 37.5 Å². The van der Waals surface area contributed by atoms with Crippen molar-refractivity contribution < 1.29 is 0 Å². The molecule has 0 radical (unpaired) electrons. The smallest absolute Gasteiger partial charge is 0.0484 e. The van der Waals surface area contributed by atoms with Crippen LogP contribution in [0.3, 0.4) is 0 Å². The molecule has 0 bridgehead atoms. The summed E-state index contributed by atoms with van der Waals surface area (Å²) in [6.45, 7) is 0. The van der Waals surface area contributed by atoms with Crippen LogP contribution in [-0.4, -0.2) is 5.33 Å². The maximum absolute atomic E-state index is 5.76. The molecule has 0 heterocycles. The molecule has 0 saturated heterocycles. The van der Waals surface area contributed by atoms with Gasteiger partial charge in [0.15, 0.2) is 0 Å². The first kappa shape index (κ1) is 10.6. The van der Waals surface area contributed by atoms with Crippen molar-refractivity contribution in [1.29, 1.82) is 0 Å². The zero-order chi connectivity index (χ0) is 9.68. The third-order valence-electron chi connectivity index (χ3n) is 1.46. The molecule has 1 rings (SSSR count). The molecule has 0 aliphatic heterocycles. The van der Waals surface area contributed by atoms with E-state index in [2.05, 4.69) is 43.7 Å². The van der Waals surface area contributed by atoms with Crippen LogP contribution in [0.25, 0.3) is 0 Å². The molecule has 3 heteroatoms. The highest BCUT2D eigenvalue weighted by Crippen LogP contribution is 2.17. The average Bonchev–Trinajstić information content (AvgIpc) is 2.09. The lowest BCUT2D eigenvalue weighted by Crippen LogP contribution is -1.89. The van der Waals surface area contributed by atoms with Crippen molar-refractivity contribution in [2.45, 2.75) is 6.42 Å². The fourth-order valence-corrected chi connectivity index (χ4v) is 1.43. The van der Waals surface area contributed by atoms with E-state index >= 15 is 0 Å². The van der Waals surface area contributed by atoms with E-state index in [1.165, 1.54) is 0 Å². The van der Waals surface area contributed by atoms with E-state index in [4.69, 9.17) is 5.73 Å². The van der Waals surface area contributed by atoms with Gasteiger partial charge in [0.25, 0.3) is 0 Å². The van der Waals surface area contributed by atoms with Crippen LogP contribution in [0.15, 0.2) is 22.7 Å². The summed E-state index contributed by atoms with van der Waals surface area (Å²) in [6, 6.07) is 5.72. The Labute approximate surface area is 95.0 Å². The average molecular weight is 303 g/mol. The van der Waals surface area contributed by atoms with Gasteiger partial charge >= 0.3 is 0 Å². The van der Waals surface area contributed by atoms with E-state index in [9.17, 15) is 0 Å². The zero-order valence-electron chi connectivity index (χ0n) is 6.98. The number of benzene rings is 1. The Morgan fingerprint density at radius 2 is 2.15 bits per heavy atom. The maximum Gasteiger partial charge on any atom is 0.0484 e. The number of rotatable bonds is 1. The Morgan fingerprint density at radius 3 is 2.77 bits per heavy atom. The number of nitrogens with two attached hydrogens (primary N) is 1. The van der Waals surface area contributed by atoms with Gasteiger partial charge in [-0.3, -0.25) is 0 Å². The van der Waals surface area contributed by atoms with Crippen LogP contribution in [0.5, 0.6) is 0 Å². The first-order chi connectivity index (χ1) is 6.24. The van der Waals surface area contributed by atoms with E-state index < -0.39 is 0 Å². The van der Waals surface area contributed by atoms with E-state index in [1.54, 1.807) is 0 Å². The summed E-state index contributed by atoms with van der Waals surface area (Å²) in [5.74, 6) is 6.03. The van der Waals surface area contributed by atoms with Crippen LogP contribution < -0.4 is 5.73 Å². The first-order valence-corrected chi connectivity index (χ1v) is 5.75. The lowest BCUT2D eigenvalue weighted by molar-refractivity contribution is 1.32. The molecule has 0 amide bonds. The highest BCUT2D eigenvalue weighted by Gasteiger charge is 1.94. The van der Waals surface area contributed by atoms with Crippen LogP contribution in [0, 0.1) is 11.8 Å². The molecule has 2 N–H and O–H groups in total. The number of nitrogen functional groups attached to an aromatic ring is 1. The molecule has 1 nitrogen and oxygen atoms in total. The first-order valence-electron chi connectivity index (χ1n) is 3.84. The molecular weight excluding hydrogens is 294 g/mol. The van der Waals surface area contributed by atoms with Gasteiger partial charge in [0.1, 0.15) is 0 Å². The van der Waals surface area contributed by atoms with Crippen LogP contribution in [0.4, 0.5) is 5.69 Å². The Kier molecular flexibility index (Phi) is 4.34. The monoisotopic (exact) mass is 301 g/mol. The van der Waals surface area contributed by atoms with Gasteiger partial charge in [0.05, 0.1) is 0 Å².